The molecular weight excluding hydrogens is 216 g/mol. The van der Waals surface area contributed by atoms with Crippen LogP contribution in [0, 0.1) is 0 Å². The van der Waals surface area contributed by atoms with Crippen molar-refractivity contribution < 1.29 is 8.85 Å². The van der Waals surface area contributed by atoms with Gasteiger partial charge in [0, 0.05) is 13.2 Å². The Bertz CT molecular complexity index is 319. The van der Waals surface area contributed by atoms with Crippen LogP contribution in [-0.2, 0) is 15.3 Å². The molecule has 16 heavy (non-hydrogen) atoms. The molecule has 0 fully saturated rings. The Balaban J connectivity index is 2.92. The van der Waals surface area contributed by atoms with Gasteiger partial charge >= 0.3 is 9.28 Å². The van der Waals surface area contributed by atoms with Gasteiger partial charge in [-0.25, -0.2) is 0 Å². The predicted molar refractivity (Wildman–Crippen MR) is 69.0 cm³/mol. The van der Waals surface area contributed by atoms with E-state index in [4.69, 9.17) is 8.85 Å². The highest BCUT2D eigenvalue weighted by atomic mass is 28.3. The maximum absolute atomic E-state index is 5.70. The minimum absolute atomic E-state index is 0.691. The van der Waals surface area contributed by atoms with Crippen LogP contribution in [0.1, 0.15) is 19.4 Å². The van der Waals surface area contributed by atoms with Crippen LogP contribution in [0.3, 0.4) is 0 Å². The first-order valence-electron chi connectivity index (χ1n) is 5.65. The van der Waals surface area contributed by atoms with Crippen molar-refractivity contribution in [3.05, 3.63) is 42.5 Å². The van der Waals surface area contributed by atoms with E-state index in [-0.39, 0.29) is 0 Å². The molecule has 0 saturated heterocycles. The van der Waals surface area contributed by atoms with Gasteiger partial charge in [-0.05, 0) is 31.0 Å². The summed E-state index contributed by atoms with van der Waals surface area (Å²) >= 11 is 0. The maximum atomic E-state index is 5.70. The minimum Gasteiger partial charge on any atom is -0.390 e. The quantitative estimate of drug-likeness (QED) is 0.533. The lowest BCUT2D eigenvalue weighted by Crippen LogP contribution is -2.39. The molecule has 1 rings (SSSR count). The fourth-order valence-corrected chi connectivity index (χ4v) is 3.11. The summed E-state index contributed by atoms with van der Waals surface area (Å²) in [5, 5.41) is 1.20. The molecule has 0 bridgehead atoms. The average Bonchev–Trinajstić information content (AvgIpc) is 2.30. The fourth-order valence-electron chi connectivity index (χ4n) is 1.51. The molecule has 1 radical (unpaired) electrons. The summed E-state index contributed by atoms with van der Waals surface area (Å²) in [6, 6.07) is 8.28. The van der Waals surface area contributed by atoms with E-state index in [0.717, 1.165) is 6.42 Å². The smallest absolute Gasteiger partial charge is 0.390 e. The second-order valence-electron chi connectivity index (χ2n) is 3.30. The number of hydrogen-bond donors (Lipinski definition) is 0. The second-order valence-corrected chi connectivity index (χ2v) is 4.99. The molecule has 0 aliphatic carbocycles. The van der Waals surface area contributed by atoms with E-state index < -0.39 is 9.28 Å². The van der Waals surface area contributed by atoms with E-state index in [1.165, 1.54) is 10.8 Å². The molecule has 0 aromatic heterocycles. The van der Waals surface area contributed by atoms with Gasteiger partial charge in [-0.2, -0.15) is 0 Å². The highest BCUT2D eigenvalue weighted by Gasteiger charge is 2.20. The molecule has 0 unspecified atom stereocenters. The van der Waals surface area contributed by atoms with Crippen LogP contribution in [0.15, 0.2) is 36.9 Å². The normalized spacial score (nSPS) is 10.7. The zero-order valence-electron chi connectivity index (χ0n) is 10.0. The van der Waals surface area contributed by atoms with E-state index in [9.17, 15) is 0 Å². The number of rotatable bonds is 7. The van der Waals surface area contributed by atoms with E-state index in [1.807, 2.05) is 32.1 Å². The lowest BCUT2D eigenvalue weighted by Gasteiger charge is -2.16. The van der Waals surface area contributed by atoms with Crippen molar-refractivity contribution in [3.8, 4) is 0 Å². The second kappa shape index (κ2) is 7.38. The number of allylic oxidation sites excluding steroid dienone is 1. The zero-order valence-corrected chi connectivity index (χ0v) is 11.0. The molecule has 87 valence electrons. The van der Waals surface area contributed by atoms with Crippen LogP contribution in [0.2, 0.25) is 0 Å². The standard InChI is InChI=1S/C13H19O2Si/c1-4-9-12-10-7-8-11-13(12)16(14-5-2)15-6-3/h4,7-8,10-11H,1,5-6,9H2,2-3H3. The summed E-state index contributed by atoms with van der Waals surface area (Å²) in [6.07, 6.45) is 2.78. The van der Waals surface area contributed by atoms with E-state index in [1.54, 1.807) is 0 Å². The van der Waals surface area contributed by atoms with E-state index in [0.29, 0.717) is 13.2 Å². The van der Waals surface area contributed by atoms with Crippen molar-refractivity contribution in [1.82, 2.24) is 0 Å². The van der Waals surface area contributed by atoms with Crippen molar-refractivity contribution in [2.45, 2.75) is 20.3 Å². The van der Waals surface area contributed by atoms with Gasteiger partial charge in [-0.3, -0.25) is 0 Å². The van der Waals surface area contributed by atoms with E-state index in [2.05, 4.69) is 18.7 Å². The van der Waals surface area contributed by atoms with Gasteiger partial charge in [0.05, 0.1) is 0 Å². The first-order chi connectivity index (χ1) is 7.83. The topological polar surface area (TPSA) is 18.5 Å². The molecule has 2 nitrogen and oxygen atoms in total. The Labute approximate surface area is 99.7 Å². The molecule has 0 saturated carbocycles. The first kappa shape index (κ1) is 13.2. The van der Waals surface area contributed by atoms with Gasteiger partial charge in [-0.1, -0.05) is 30.3 Å². The summed E-state index contributed by atoms with van der Waals surface area (Å²) in [5.74, 6) is 0. The Hall–Kier alpha value is -0.903. The molecule has 1 aromatic rings. The molecule has 0 N–H and O–H groups in total. The lowest BCUT2D eigenvalue weighted by atomic mass is 10.1. The molecule has 0 spiro atoms. The van der Waals surface area contributed by atoms with Crippen LogP contribution in [0.5, 0.6) is 0 Å². The van der Waals surface area contributed by atoms with Gasteiger partial charge in [0.2, 0.25) is 0 Å². The van der Waals surface area contributed by atoms with Crippen molar-refractivity contribution >= 4 is 14.5 Å². The van der Waals surface area contributed by atoms with Gasteiger partial charge in [-0.15, -0.1) is 6.58 Å². The monoisotopic (exact) mass is 235 g/mol. The molecule has 0 aliphatic heterocycles. The lowest BCUT2D eigenvalue weighted by molar-refractivity contribution is 0.225. The van der Waals surface area contributed by atoms with Gasteiger partial charge in [0.25, 0.3) is 0 Å². The number of hydrogen-bond acceptors (Lipinski definition) is 2. The van der Waals surface area contributed by atoms with Crippen LogP contribution >= 0.6 is 0 Å². The van der Waals surface area contributed by atoms with Gasteiger partial charge in [0.1, 0.15) is 0 Å². The van der Waals surface area contributed by atoms with Crippen LogP contribution in [0.25, 0.3) is 0 Å². The van der Waals surface area contributed by atoms with Crippen LogP contribution in [-0.4, -0.2) is 22.5 Å². The minimum atomic E-state index is -1.32. The van der Waals surface area contributed by atoms with Crippen molar-refractivity contribution in [1.29, 1.82) is 0 Å². The molecule has 3 heteroatoms. The Morgan fingerprint density at radius 1 is 1.19 bits per heavy atom. The Morgan fingerprint density at radius 3 is 2.38 bits per heavy atom. The van der Waals surface area contributed by atoms with E-state index >= 15 is 0 Å². The van der Waals surface area contributed by atoms with Crippen LogP contribution in [0.4, 0.5) is 0 Å². The summed E-state index contributed by atoms with van der Waals surface area (Å²) < 4.78 is 11.4. The zero-order chi connectivity index (χ0) is 11.8. The first-order valence-corrected chi connectivity index (χ1v) is 6.96. The van der Waals surface area contributed by atoms with Gasteiger partial charge < -0.3 is 8.85 Å². The predicted octanol–water partition coefficient (Wildman–Crippen LogP) is 2.18. The molecule has 0 amide bonds. The summed E-state index contributed by atoms with van der Waals surface area (Å²) in [6.45, 7) is 9.16. The average molecular weight is 235 g/mol. The number of benzene rings is 1. The summed E-state index contributed by atoms with van der Waals surface area (Å²) in [4.78, 5) is 0. The molecule has 0 heterocycles. The molecular formula is C13H19O2Si. The van der Waals surface area contributed by atoms with Gasteiger partial charge in [0.15, 0.2) is 0 Å². The summed E-state index contributed by atoms with van der Waals surface area (Å²) in [5.41, 5.74) is 1.26. The maximum Gasteiger partial charge on any atom is 0.423 e. The SMILES string of the molecule is C=CCc1ccccc1[Si](OCC)OCC. The highest BCUT2D eigenvalue weighted by Crippen LogP contribution is 2.02. The molecule has 0 atom stereocenters. The van der Waals surface area contributed by atoms with Crippen molar-refractivity contribution in [2.75, 3.05) is 13.2 Å². The third-order valence-corrected chi connectivity index (χ3v) is 4.18. The van der Waals surface area contributed by atoms with Crippen molar-refractivity contribution in [3.63, 3.8) is 0 Å². The summed E-state index contributed by atoms with van der Waals surface area (Å²) in [7, 11) is -1.32. The third kappa shape index (κ3) is 3.59. The Morgan fingerprint density at radius 2 is 1.81 bits per heavy atom. The van der Waals surface area contributed by atoms with Crippen LogP contribution < -0.4 is 5.19 Å². The molecule has 0 aliphatic rings. The Kier molecular flexibility index (Phi) is 6.07. The van der Waals surface area contributed by atoms with Crippen molar-refractivity contribution in [2.24, 2.45) is 0 Å². The fraction of sp³-hybridized carbons (Fsp3) is 0.385. The molecule has 1 aromatic carbocycles. The third-order valence-electron chi connectivity index (χ3n) is 2.15. The largest absolute Gasteiger partial charge is 0.423 e. The highest BCUT2D eigenvalue weighted by molar-refractivity contribution is 6.61.